The van der Waals surface area contributed by atoms with Gasteiger partial charge in [0.25, 0.3) is 0 Å². The summed E-state index contributed by atoms with van der Waals surface area (Å²) in [5.74, 6) is 1.16. The van der Waals surface area contributed by atoms with Gasteiger partial charge in [0.2, 0.25) is 5.91 Å². The molecule has 1 atom stereocenters. The number of hydrogen-bond acceptors (Lipinski definition) is 4. The van der Waals surface area contributed by atoms with Crippen LogP contribution in [0.4, 0.5) is 0 Å². The zero-order chi connectivity index (χ0) is 16.1. The van der Waals surface area contributed by atoms with Crippen LogP contribution in [0.1, 0.15) is 39.1 Å². The molecule has 1 N–H and O–H groups in total. The summed E-state index contributed by atoms with van der Waals surface area (Å²) in [6.45, 7) is 7.14. The Labute approximate surface area is 130 Å². The van der Waals surface area contributed by atoms with Crippen molar-refractivity contribution >= 4 is 17.1 Å². The van der Waals surface area contributed by atoms with Gasteiger partial charge in [0.15, 0.2) is 5.65 Å². The molecule has 0 fully saturated rings. The maximum absolute atomic E-state index is 11.9. The Morgan fingerprint density at radius 3 is 2.86 bits per heavy atom. The minimum atomic E-state index is -0.142. The highest BCUT2D eigenvalue weighted by Gasteiger charge is 2.23. The maximum atomic E-state index is 11.9. The fourth-order valence-electron chi connectivity index (χ4n) is 2.62. The van der Waals surface area contributed by atoms with Crippen molar-refractivity contribution in [3.63, 3.8) is 0 Å². The molecule has 0 aromatic carbocycles. The smallest absolute Gasteiger partial charge is 0.246 e. The van der Waals surface area contributed by atoms with Crippen molar-refractivity contribution in [2.24, 2.45) is 5.92 Å². The number of hydrogen-bond donors (Lipinski definition) is 1. The highest BCUT2D eigenvalue weighted by atomic mass is 16.5. The van der Waals surface area contributed by atoms with Gasteiger partial charge in [-0.05, 0) is 31.4 Å². The average Bonchev–Trinajstić information content (AvgIpc) is 2.84. The molecular weight excluding hydrogens is 280 g/mol. The van der Waals surface area contributed by atoms with Gasteiger partial charge in [0, 0.05) is 19.9 Å². The van der Waals surface area contributed by atoms with Crippen molar-refractivity contribution in [2.75, 3.05) is 13.7 Å². The minimum Gasteiger partial charge on any atom is -0.375 e. The first kappa shape index (κ1) is 16.4. The normalized spacial score (nSPS) is 12.8. The van der Waals surface area contributed by atoms with Gasteiger partial charge in [-0.2, -0.15) is 0 Å². The summed E-state index contributed by atoms with van der Waals surface area (Å²) in [7, 11) is 1.52. The molecule has 0 saturated heterocycles. The molecule has 0 bridgehead atoms. The summed E-state index contributed by atoms with van der Waals surface area (Å²) < 4.78 is 6.97. The Hall–Kier alpha value is -1.95. The second kappa shape index (κ2) is 7.35. The van der Waals surface area contributed by atoms with Crippen molar-refractivity contribution in [3.8, 4) is 0 Å². The van der Waals surface area contributed by atoms with Crippen molar-refractivity contribution in [1.29, 1.82) is 0 Å². The molecule has 2 heterocycles. The number of nitrogens with zero attached hydrogens (tertiary/aromatic N) is 3. The fraction of sp³-hybridized carbons (Fsp3) is 0.562. The second-order valence-electron chi connectivity index (χ2n) is 5.74. The number of pyridine rings is 1. The molecule has 120 valence electrons. The van der Waals surface area contributed by atoms with Gasteiger partial charge in [-0.1, -0.05) is 13.8 Å². The molecule has 2 aromatic heterocycles. The molecule has 2 aromatic rings. The van der Waals surface area contributed by atoms with E-state index in [0.717, 1.165) is 30.0 Å². The molecule has 0 saturated carbocycles. The summed E-state index contributed by atoms with van der Waals surface area (Å²) in [5, 5.41) is 3.03. The Bertz CT molecular complexity index is 636. The van der Waals surface area contributed by atoms with Gasteiger partial charge in [0.1, 0.15) is 17.9 Å². The van der Waals surface area contributed by atoms with E-state index in [4.69, 9.17) is 9.72 Å². The predicted molar refractivity (Wildman–Crippen MR) is 85.4 cm³/mol. The Balaban J connectivity index is 2.39. The third kappa shape index (κ3) is 3.62. The Morgan fingerprint density at radius 1 is 1.45 bits per heavy atom. The van der Waals surface area contributed by atoms with Crippen LogP contribution in [0, 0.1) is 5.92 Å². The van der Waals surface area contributed by atoms with Crippen molar-refractivity contribution < 1.29 is 9.53 Å². The summed E-state index contributed by atoms with van der Waals surface area (Å²) in [6.07, 6.45) is 2.58. The van der Waals surface area contributed by atoms with E-state index in [1.54, 1.807) is 6.20 Å². The maximum Gasteiger partial charge on any atom is 0.246 e. The molecule has 0 aliphatic carbocycles. The van der Waals surface area contributed by atoms with E-state index in [1.807, 2.05) is 12.1 Å². The van der Waals surface area contributed by atoms with Gasteiger partial charge in [0.05, 0.1) is 6.04 Å². The summed E-state index contributed by atoms with van der Waals surface area (Å²) in [6, 6.07) is 3.68. The van der Waals surface area contributed by atoms with Crippen LogP contribution >= 0.6 is 0 Å². The van der Waals surface area contributed by atoms with Gasteiger partial charge >= 0.3 is 0 Å². The number of amides is 1. The van der Waals surface area contributed by atoms with Crippen molar-refractivity contribution in [3.05, 3.63) is 24.2 Å². The lowest BCUT2D eigenvalue weighted by molar-refractivity contribution is -0.125. The number of carbonyl (C=O) groups excluding carboxylic acids is 1. The van der Waals surface area contributed by atoms with E-state index in [9.17, 15) is 4.79 Å². The number of aryl methyl sites for hydroxylation is 1. The monoisotopic (exact) mass is 304 g/mol. The molecule has 6 nitrogen and oxygen atoms in total. The largest absolute Gasteiger partial charge is 0.375 e. The predicted octanol–water partition coefficient (Wildman–Crippen LogP) is 2.30. The lowest BCUT2D eigenvalue weighted by atomic mass is 10.0. The molecule has 0 spiro atoms. The first-order valence-electron chi connectivity index (χ1n) is 7.66. The van der Waals surface area contributed by atoms with Crippen LogP contribution in [0.25, 0.3) is 11.2 Å². The molecule has 0 aliphatic rings. The van der Waals surface area contributed by atoms with Crippen LogP contribution in [0.2, 0.25) is 0 Å². The summed E-state index contributed by atoms with van der Waals surface area (Å²) in [5.41, 5.74) is 1.71. The van der Waals surface area contributed by atoms with Crippen LogP contribution in [-0.4, -0.2) is 34.2 Å². The lowest BCUT2D eigenvalue weighted by Gasteiger charge is -2.21. The van der Waals surface area contributed by atoms with Crippen LogP contribution in [-0.2, 0) is 16.1 Å². The third-order valence-corrected chi connectivity index (χ3v) is 3.48. The second-order valence-corrected chi connectivity index (χ2v) is 5.74. The number of nitrogens with one attached hydrogen (secondary N) is 1. The van der Waals surface area contributed by atoms with Crippen LogP contribution in [0.15, 0.2) is 18.3 Å². The molecule has 0 unspecified atom stereocenters. The van der Waals surface area contributed by atoms with E-state index < -0.39 is 0 Å². The zero-order valence-corrected chi connectivity index (χ0v) is 13.7. The number of rotatable bonds is 7. The first-order valence-corrected chi connectivity index (χ1v) is 7.66. The number of ether oxygens (including phenoxy) is 1. The number of carbonyl (C=O) groups is 1. The van der Waals surface area contributed by atoms with Gasteiger partial charge in [-0.25, -0.2) is 9.97 Å². The van der Waals surface area contributed by atoms with E-state index in [1.165, 1.54) is 7.11 Å². The van der Waals surface area contributed by atoms with E-state index in [0.29, 0.717) is 5.92 Å². The van der Waals surface area contributed by atoms with Crippen LogP contribution < -0.4 is 5.32 Å². The van der Waals surface area contributed by atoms with Crippen LogP contribution in [0.5, 0.6) is 0 Å². The number of fused-ring (bicyclic) bond motifs is 1. The Kier molecular flexibility index (Phi) is 5.49. The quantitative estimate of drug-likeness (QED) is 0.852. The summed E-state index contributed by atoms with van der Waals surface area (Å²) in [4.78, 5) is 21.0. The highest BCUT2D eigenvalue weighted by Crippen LogP contribution is 2.24. The first-order chi connectivity index (χ1) is 10.6. The molecular formula is C16H24N4O2. The van der Waals surface area contributed by atoms with Crippen molar-refractivity contribution in [1.82, 2.24) is 19.9 Å². The van der Waals surface area contributed by atoms with Crippen molar-refractivity contribution in [2.45, 2.75) is 39.8 Å². The lowest BCUT2D eigenvalue weighted by Crippen LogP contribution is -2.33. The Morgan fingerprint density at radius 2 is 2.23 bits per heavy atom. The molecule has 2 rings (SSSR count). The van der Waals surface area contributed by atoms with Gasteiger partial charge in [-0.3, -0.25) is 4.79 Å². The van der Waals surface area contributed by atoms with Crippen LogP contribution in [0.3, 0.4) is 0 Å². The highest BCUT2D eigenvalue weighted by molar-refractivity contribution is 5.78. The third-order valence-electron chi connectivity index (χ3n) is 3.48. The molecule has 0 aliphatic heterocycles. The van der Waals surface area contributed by atoms with E-state index in [-0.39, 0.29) is 18.6 Å². The van der Waals surface area contributed by atoms with Gasteiger partial charge in [-0.15, -0.1) is 0 Å². The minimum absolute atomic E-state index is 0.0548. The topological polar surface area (TPSA) is 69.0 Å². The fourth-order valence-corrected chi connectivity index (χ4v) is 2.62. The number of aromatic nitrogens is 3. The standard InChI is InChI=1S/C16H24N4O2/c1-5-20-15-12(7-6-8-17-15)19-16(20)13(9-11(2)3)18-14(21)10-22-4/h6-8,11,13H,5,9-10H2,1-4H3,(H,18,21)/t13-/m1/s1. The average molecular weight is 304 g/mol. The zero-order valence-electron chi connectivity index (χ0n) is 13.7. The van der Waals surface area contributed by atoms with E-state index >= 15 is 0 Å². The number of methoxy groups -OCH3 is 1. The molecule has 22 heavy (non-hydrogen) atoms. The van der Waals surface area contributed by atoms with E-state index in [2.05, 4.69) is 35.6 Å². The molecule has 0 radical (unpaired) electrons. The van der Waals surface area contributed by atoms with Gasteiger partial charge < -0.3 is 14.6 Å². The number of imidazole rings is 1. The molecule has 1 amide bonds. The SMILES string of the molecule is CCn1c([C@@H](CC(C)C)NC(=O)COC)nc2cccnc21. The molecule has 6 heteroatoms. The summed E-state index contributed by atoms with van der Waals surface area (Å²) >= 11 is 0.